The van der Waals surface area contributed by atoms with Crippen LogP contribution in [0.25, 0.3) is 0 Å². The maximum atomic E-state index is 12.2. The molecule has 0 aliphatic rings. The van der Waals surface area contributed by atoms with E-state index < -0.39 is 20.4 Å². The van der Waals surface area contributed by atoms with Crippen LogP contribution in [0, 0.1) is 22.5 Å². The molecule has 7 nitrogen and oxygen atoms in total. The van der Waals surface area contributed by atoms with Crippen molar-refractivity contribution in [2.45, 2.75) is 25.7 Å². The van der Waals surface area contributed by atoms with Crippen LogP contribution in [0.15, 0.2) is 23.1 Å². The van der Waals surface area contributed by atoms with Crippen LogP contribution < -0.4 is 4.72 Å². The highest BCUT2D eigenvalue weighted by atomic mass is 32.2. The van der Waals surface area contributed by atoms with Gasteiger partial charge in [0, 0.05) is 30.7 Å². The molecule has 0 amide bonds. The van der Waals surface area contributed by atoms with Gasteiger partial charge in [0.2, 0.25) is 10.0 Å². The first-order valence-corrected chi connectivity index (χ1v) is 7.43. The average molecular weight is 302 g/mol. The predicted octanol–water partition coefficient (Wildman–Crippen LogP) is 1.20. The van der Waals surface area contributed by atoms with E-state index in [0.29, 0.717) is 5.56 Å². The molecule has 0 aliphatic heterocycles. The van der Waals surface area contributed by atoms with Crippen LogP contribution in [0.1, 0.15) is 19.4 Å². The minimum absolute atomic E-state index is 0.0357. The molecule has 2 N–H and O–H groups in total. The van der Waals surface area contributed by atoms with Gasteiger partial charge in [-0.15, -0.1) is 0 Å². The molecule has 20 heavy (non-hydrogen) atoms. The number of aryl methyl sites for hydroxylation is 1. The van der Waals surface area contributed by atoms with Gasteiger partial charge in [-0.1, -0.05) is 19.9 Å². The molecule has 0 spiro atoms. The first-order chi connectivity index (χ1) is 9.09. The standard InChI is InChI=1S/C12H18N2O5S/c1-9-4-5-10(14(16)17)6-11(9)20(18,19)13-7-12(2,3)8-15/h4-6,13,15H,7-8H2,1-3H3. The second kappa shape index (κ2) is 5.86. The predicted molar refractivity (Wildman–Crippen MR) is 73.9 cm³/mol. The lowest BCUT2D eigenvalue weighted by Crippen LogP contribution is -2.36. The fourth-order valence-electron chi connectivity index (χ4n) is 1.42. The zero-order valence-electron chi connectivity index (χ0n) is 11.6. The van der Waals surface area contributed by atoms with Crippen molar-refractivity contribution in [1.82, 2.24) is 4.72 Å². The number of sulfonamides is 1. The van der Waals surface area contributed by atoms with Gasteiger partial charge in [0.1, 0.15) is 0 Å². The minimum atomic E-state index is -3.86. The molecule has 0 atom stereocenters. The number of aliphatic hydroxyl groups is 1. The molecule has 1 aromatic rings. The molecule has 0 radical (unpaired) electrons. The van der Waals surface area contributed by atoms with Crippen molar-refractivity contribution < 1.29 is 18.4 Å². The van der Waals surface area contributed by atoms with Crippen molar-refractivity contribution in [3.05, 3.63) is 33.9 Å². The molecule has 1 rings (SSSR count). The summed E-state index contributed by atoms with van der Waals surface area (Å²) < 4.78 is 26.7. The van der Waals surface area contributed by atoms with Crippen molar-refractivity contribution in [2.24, 2.45) is 5.41 Å². The van der Waals surface area contributed by atoms with Gasteiger partial charge in [-0.2, -0.15) is 0 Å². The number of aliphatic hydroxyl groups excluding tert-OH is 1. The van der Waals surface area contributed by atoms with E-state index in [1.165, 1.54) is 12.1 Å². The molecule has 0 unspecified atom stereocenters. The summed E-state index contributed by atoms with van der Waals surface area (Å²) in [6.07, 6.45) is 0. The molecule has 1 aromatic carbocycles. The summed E-state index contributed by atoms with van der Waals surface area (Å²) in [5.74, 6) is 0. The van der Waals surface area contributed by atoms with Gasteiger partial charge in [0.25, 0.3) is 5.69 Å². The van der Waals surface area contributed by atoms with Gasteiger partial charge >= 0.3 is 0 Å². The summed E-state index contributed by atoms with van der Waals surface area (Å²) in [6, 6.07) is 3.68. The van der Waals surface area contributed by atoms with Crippen molar-refractivity contribution in [3.8, 4) is 0 Å². The lowest BCUT2D eigenvalue weighted by Gasteiger charge is -2.22. The van der Waals surface area contributed by atoms with Gasteiger partial charge < -0.3 is 5.11 Å². The third-order valence-corrected chi connectivity index (χ3v) is 4.38. The fraction of sp³-hybridized carbons (Fsp3) is 0.500. The van der Waals surface area contributed by atoms with Crippen molar-refractivity contribution in [2.75, 3.05) is 13.2 Å². The van der Waals surface area contributed by atoms with E-state index in [1.807, 2.05) is 0 Å². The molecule has 0 saturated carbocycles. The van der Waals surface area contributed by atoms with E-state index in [4.69, 9.17) is 5.11 Å². The number of nitrogens with one attached hydrogen (secondary N) is 1. The van der Waals surface area contributed by atoms with Gasteiger partial charge in [-0.05, 0) is 12.5 Å². The summed E-state index contributed by atoms with van der Waals surface area (Å²) >= 11 is 0. The Morgan fingerprint density at radius 2 is 2.00 bits per heavy atom. The monoisotopic (exact) mass is 302 g/mol. The van der Waals surface area contributed by atoms with E-state index in [0.717, 1.165) is 6.07 Å². The third kappa shape index (κ3) is 3.99. The van der Waals surface area contributed by atoms with Crippen LogP contribution in [0.4, 0.5) is 5.69 Å². The zero-order valence-corrected chi connectivity index (χ0v) is 12.4. The van der Waals surface area contributed by atoms with Crippen LogP contribution in [0.2, 0.25) is 0 Å². The first kappa shape index (κ1) is 16.5. The maximum Gasteiger partial charge on any atom is 0.270 e. The maximum absolute atomic E-state index is 12.2. The van der Waals surface area contributed by atoms with Gasteiger partial charge in [0.15, 0.2) is 0 Å². The highest BCUT2D eigenvalue weighted by molar-refractivity contribution is 7.89. The summed E-state index contributed by atoms with van der Waals surface area (Å²) in [5, 5.41) is 19.8. The average Bonchev–Trinajstić information content (AvgIpc) is 2.37. The molecule has 0 aromatic heterocycles. The number of non-ortho nitro benzene ring substituents is 1. The Kier molecular flexibility index (Phi) is 4.85. The number of benzene rings is 1. The van der Waals surface area contributed by atoms with E-state index in [1.54, 1.807) is 20.8 Å². The summed E-state index contributed by atoms with van der Waals surface area (Å²) in [4.78, 5) is 9.94. The molecule has 0 aliphatic carbocycles. The molecule has 0 heterocycles. The Bertz CT molecular complexity index is 610. The van der Waals surface area contributed by atoms with E-state index >= 15 is 0 Å². The van der Waals surface area contributed by atoms with Crippen LogP contribution >= 0.6 is 0 Å². The molecule has 0 saturated heterocycles. The minimum Gasteiger partial charge on any atom is -0.396 e. The topological polar surface area (TPSA) is 110 Å². The Morgan fingerprint density at radius 1 is 1.40 bits per heavy atom. The molecular weight excluding hydrogens is 284 g/mol. The Hall–Kier alpha value is -1.51. The lowest BCUT2D eigenvalue weighted by atomic mass is 9.96. The zero-order chi connectivity index (χ0) is 15.6. The quantitative estimate of drug-likeness (QED) is 0.606. The van der Waals surface area contributed by atoms with Crippen LogP contribution in [0.3, 0.4) is 0 Å². The molecule has 112 valence electrons. The Morgan fingerprint density at radius 3 is 2.50 bits per heavy atom. The SMILES string of the molecule is Cc1ccc([N+](=O)[O-])cc1S(=O)(=O)NCC(C)(C)CO. The van der Waals surface area contributed by atoms with Gasteiger partial charge in [-0.25, -0.2) is 13.1 Å². The number of rotatable bonds is 6. The number of hydrogen-bond acceptors (Lipinski definition) is 5. The van der Waals surface area contributed by atoms with Gasteiger partial charge in [0.05, 0.1) is 9.82 Å². The van der Waals surface area contributed by atoms with Gasteiger partial charge in [-0.3, -0.25) is 10.1 Å². The second-order valence-electron chi connectivity index (χ2n) is 5.35. The highest BCUT2D eigenvalue weighted by Crippen LogP contribution is 2.22. The molecule has 0 fully saturated rings. The Labute approximate surface area is 117 Å². The summed E-state index contributed by atoms with van der Waals surface area (Å²) in [7, 11) is -3.86. The van der Waals surface area contributed by atoms with E-state index in [9.17, 15) is 18.5 Å². The van der Waals surface area contributed by atoms with Crippen LogP contribution in [-0.2, 0) is 10.0 Å². The van der Waals surface area contributed by atoms with E-state index in [2.05, 4.69) is 4.72 Å². The summed E-state index contributed by atoms with van der Waals surface area (Å²) in [6.45, 7) is 4.83. The number of hydrogen-bond donors (Lipinski definition) is 2. The normalized spacial score (nSPS) is 12.4. The second-order valence-corrected chi connectivity index (χ2v) is 7.09. The highest BCUT2D eigenvalue weighted by Gasteiger charge is 2.24. The van der Waals surface area contributed by atoms with Crippen molar-refractivity contribution in [3.63, 3.8) is 0 Å². The number of nitro groups is 1. The van der Waals surface area contributed by atoms with E-state index in [-0.39, 0.29) is 23.7 Å². The molecule has 0 bridgehead atoms. The molecular formula is C12H18N2O5S. The summed E-state index contributed by atoms with van der Waals surface area (Å²) in [5.41, 5.74) is -0.468. The largest absolute Gasteiger partial charge is 0.396 e. The van der Waals surface area contributed by atoms with Crippen molar-refractivity contribution >= 4 is 15.7 Å². The fourth-order valence-corrected chi connectivity index (χ4v) is 2.92. The third-order valence-electron chi connectivity index (χ3n) is 2.84. The smallest absolute Gasteiger partial charge is 0.270 e. The number of nitro benzene ring substituents is 1. The molecule has 8 heteroatoms. The number of nitrogens with zero attached hydrogens (tertiary/aromatic N) is 1. The van der Waals surface area contributed by atoms with Crippen LogP contribution in [0.5, 0.6) is 0 Å². The van der Waals surface area contributed by atoms with Crippen molar-refractivity contribution in [1.29, 1.82) is 0 Å². The lowest BCUT2D eigenvalue weighted by molar-refractivity contribution is -0.385. The Balaban J connectivity index is 3.09. The first-order valence-electron chi connectivity index (χ1n) is 5.95. The van der Waals surface area contributed by atoms with Crippen LogP contribution in [-0.4, -0.2) is 31.6 Å².